The third kappa shape index (κ3) is 3.78. The van der Waals surface area contributed by atoms with Gasteiger partial charge in [-0.3, -0.25) is 4.79 Å². The van der Waals surface area contributed by atoms with Crippen molar-refractivity contribution in [1.82, 2.24) is 9.55 Å². The molecule has 0 aliphatic rings. The molecule has 2 aromatic carbocycles. The Labute approximate surface area is 147 Å². The molecule has 5 nitrogen and oxygen atoms in total. The average Bonchev–Trinajstić information content (AvgIpc) is 3.01. The molecule has 0 spiro atoms. The first-order valence-electron chi connectivity index (χ1n) is 8.51. The highest BCUT2D eigenvalue weighted by molar-refractivity contribution is 5.96. The van der Waals surface area contributed by atoms with Gasteiger partial charge in [0.1, 0.15) is 0 Å². The van der Waals surface area contributed by atoms with Gasteiger partial charge in [0, 0.05) is 18.8 Å². The van der Waals surface area contributed by atoms with E-state index >= 15 is 0 Å². The molecule has 0 fully saturated rings. The second-order valence-electron chi connectivity index (χ2n) is 5.58. The third-order valence-electron chi connectivity index (χ3n) is 3.93. The van der Waals surface area contributed by atoms with Crippen LogP contribution < -0.4 is 0 Å². The number of hydrogen-bond donors (Lipinski definition) is 0. The number of ketones is 1. The van der Waals surface area contributed by atoms with Crippen molar-refractivity contribution in [2.45, 2.75) is 26.7 Å². The Morgan fingerprint density at radius 2 is 1.64 bits per heavy atom. The Kier molecular flexibility index (Phi) is 5.58. The number of hydrogen-bond acceptors (Lipinski definition) is 4. The summed E-state index contributed by atoms with van der Waals surface area (Å²) in [6.45, 7) is 5.01. The van der Waals surface area contributed by atoms with Gasteiger partial charge in [-0.05, 0) is 26.0 Å². The summed E-state index contributed by atoms with van der Waals surface area (Å²) in [5, 5.41) is 0. The van der Waals surface area contributed by atoms with Crippen LogP contribution in [-0.2, 0) is 16.0 Å². The molecular formula is C20H22N2O3. The molecule has 0 radical (unpaired) electrons. The summed E-state index contributed by atoms with van der Waals surface area (Å²) in [4.78, 5) is 17.4. The highest BCUT2D eigenvalue weighted by Gasteiger charge is 2.22. The first-order chi connectivity index (χ1) is 12.2. The van der Waals surface area contributed by atoms with Crippen molar-refractivity contribution in [1.29, 1.82) is 0 Å². The van der Waals surface area contributed by atoms with Gasteiger partial charge in [0.15, 0.2) is 11.6 Å². The zero-order valence-electron chi connectivity index (χ0n) is 14.5. The minimum atomic E-state index is -0.592. The van der Waals surface area contributed by atoms with E-state index in [2.05, 4.69) is 4.98 Å². The van der Waals surface area contributed by atoms with Gasteiger partial charge in [-0.25, -0.2) is 4.98 Å². The molecule has 0 aliphatic carbocycles. The van der Waals surface area contributed by atoms with Crippen LogP contribution in [-0.4, -0.2) is 28.5 Å². The van der Waals surface area contributed by atoms with Crippen LogP contribution in [0.25, 0.3) is 11.0 Å². The van der Waals surface area contributed by atoms with Crippen LogP contribution >= 0.6 is 0 Å². The second kappa shape index (κ2) is 8.05. The maximum absolute atomic E-state index is 12.7. The van der Waals surface area contributed by atoms with Gasteiger partial charge in [0.25, 0.3) is 0 Å². The Hall–Kier alpha value is -2.50. The van der Waals surface area contributed by atoms with Crippen molar-refractivity contribution in [2.75, 3.05) is 13.2 Å². The van der Waals surface area contributed by atoms with Crippen molar-refractivity contribution in [2.24, 2.45) is 0 Å². The number of aromatic nitrogens is 2. The monoisotopic (exact) mass is 338 g/mol. The molecule has 0 bridgehead atoms. The number of rotatable bonds is 8. The zero-order valence-corrected chi connectivity index (χ0v) is 14.5. The molecular weight excluding hydrogens is 316 g/mol. The van der Waals surface area contributed by atoms with E-state index < -0.39 is 6.29 Å². The van der Waals surface area contributed by atoms with Crippen LogP contribution in [0.3, 0.4) is 0 Å². The van der Waals surface area contributed by atoms with Crippen LogP contribution in [0.5, 0.6) is 0 Å². The number of ether oxygens (including phenoxy) is 2. The summed E-state index contributed by atoms with van der Waals surface area (Å²) >= 11 is 0. The summed E-state index contributed by atoms with van der Waals surface area (Å²) in [6, 6.07) is 17.0. The maximum Gasteiger partial charge on any atom is 0.217 e. The van der Waals surface area contributed by atoms with Crippen LogP contribution in [0.15, 0.2) is 54.6 Å². The summed E-state index contributed by atoms with van der Waals surface area (Å²) in [5.74, 6) is 0.644. The van der Waals surface area contributed by atoms with E-state index in [9.17, 15) is 4.79 Å². The molecule has 1 aromatic heterocycles. The SMILES string of the molecule is CCOC(OCC)c1nc2ccccc2n1CC(=O)c1ccccc1. The fourth-order valence-electron chi connectivity index (χ4n) is 2.80. The molecule has 0 atom stereocenters. The lowest BCUT2D eigenvalue weighted by Gasteiger charge is -2.18. The molecule has 25 heavy (non-hydrogen) atoms. The summed E-state index contributed by atoms with van der Waals surface area (Å²) in [6.07, 6.45) is -0.592. The van der Waals surface area contributed by atoms with E-state index in [0.717, 1.165) is 11.0 Å². The zero-order chi connectivity index (χ0) is 17.6. The summed E-state index contributed by atoms with van der Waals surface area (Å²) < 4.78 is 13.3. The fraction of sp³-hybridized carbons (Fsp3) is 0.300. The van der Waals surface area contributed by atoms with Crippen molar-refractivity contribution in [3.63, 3.8) is 0 Å². The first kappa shape index (κ1) is 17.3. The van der Waals surface area contributed by atoms with Gasteiger partial charge < -0.3 is 14.0 Å². The number of imidazole rings is 1. The number of carbonyl (C=O) groups excluding carboxylic acids is 1. The predicted molar refractivity (Wildman–Crippen MR) is 96.5 cm³/mol. The van der Waals surface area contributed by atoms with Crippen LogP contribution in [0.1, 0.15) is 36.3 Å². The van der Waals surface area contributed by atoms with E-state index in [-0.39, 0.29) is 12.3 Å². The largest absolute Gasteiger partial charge is 0.346 e. The Bertz CT molecular complexity index is 837. The van der Waals surface area contributed by atoms with E-state index in [4.69, 9.17) is 9.47 Å². The normalized spacial score (nSPS) is 11.3. The van der Waals surface area contributed by atoms with E-state index in [1.807, 2.05) is 73.0 Å². The maximum atomic E-state index is 12.7. The van der Waals surface area contributed by atoms with Crippen LogP contribution in [0.2, 0.25) is 0 Å². The minimum absolute atomic E-state index is 0.0248. The van der Waals surface area contributed by atoms with E-state index in [0.29, 0.717) is 24.6 Å². The molecule has 0 N–H and O–H groups in total. The van der Waals surface area contributed by atoms with E-state index in [1.165, 1.54) is 0 Å². The second-order valence-corrected chi connectivity index (χ2v) is 5.58. The van der Waals surface area contributed by atoms with Gasteiger partial charge in [-0.15, -0.1) is 0 Å². The molecule has 0 saturated heterocycles. The number of fused-ring (bicyclic) bond motifs is 1. The van der Waals surface area contributed by atoms with E-state index in [1.54, 1.807) is 0 Å². The van der Waals surface area contributed by atoms with Gasteiger partial charge in [0.05, 0.1) is 17.6 Å². The lowest BCUT2D eigenvalue weighted by Crippen LogP contribution is -2.19. The van der Waals surface area contributed by atoms with Crippen molar-refractivity contribution in [3.05, 3.63) is 66.0 Å². The average molecular weight is 338 g/mol. The van der Waals surface area contributed by atoms with Crippen molar-refractivity contribution in [3.8, 4) is 0 Å². The topological polar surface area (TPSA) is 53.4 Å². The molecule has 0 aliphatic heterocycles. The highest BCUT2D eigenvalue weighted by atomic mass is 16.7. The summed E-state index contributed by atoms with van der Waals surface area (Å²) in [7, 11) is 0. The molecule has 1 heterocycles. The number of para-hydroxylation sites is 2. The Morgan fingerprint density at radius 3 is 2.32 bits per heavy atom. The first-order valence-corrected chi connectivity index (χ1v) is 8.51. The number of nitrogens with zero attached hydrogens (tertiary/aromatic N) is 2. The number of carbonyl (C=O) groups is 1. The predicted octanol–water partition coefficient (Wildman–Crippen LogP) is 3.99. The number of benzene rings is 2. The summed E-state index contributed by atoms with van der Waals surface area (Å²) in [5.41, 5.74) is 2.39. The minimum Gasteiger partial charge on any atom is -0.346 e. The standard InChI is InChI=1S/C20H22N2O3/c1-3-24-20(25-4-2)19-21-16-12-8-9-13-17(16)22(19)14-18(23)15-10-6-5-7-11-15/h5-13,20H,3-4,14H2,1-2H3. The Morgan fingerprint density at radius 1 is 1.00 bits per heavy atom. The van der Waals surface area contributed by atoms with Crippen LogP contribution in [0, 0.1) is 0 Å². The molecule has 0 unspecified atom stereocenters. The third-order valence-corrected chi connectivity index (χ3v) is 3.93. The molecule has 3 aromatic rings. The van der Waals surface area contributed by atoms with Gasteiger partial charge in [-0.2, -0.15) is 0 Å². The Balaban J connectivity index is 2.02. The molecule has 0 saturated carbocycles. The molecule has 3 rings (SSSR count). The lowest BCUT2D eigenvalue weighted by molar-refractivity contribution is -0.146. The fourth-order valence-corrected chi connectivity index (χ4v) is 2.80. The molecule has 130 valence electrons. The highest BCUT2D eigenvalue weighted by Crippen LogP contribution is 2.24. The van der Waals surface area contributed by atoms with Crippen molar-refractivity contribution < 1.29 is 14.3 Å². The molecule has 5 heteroatoms. The quantitative estimate of drug-likeness (QED) is 0.460. The number of Topliss-reactive ketones (excluding diaryl/α,β-unsaturated/α-hetero) is 1. The van der Waals surface area contributed by atoms with Gasteiger partial charge in [-0.1, -0.05) is 42.5 Å². The smallest absolute Gasteiger partial charge is 0.217 e. The lowest BCUT2D eigenvalue weighted by atomic mass is 10.1. The van der Waals surface area contributed by atoms with Gasteiger partial charge >= 0.3 is 0 Å². The van der Waals surface area contributed by atoms with Crippen LogP contribution in [0.4, 0.5) is 0 Å². The molecule has 0 amide bonds. The van der Waals surface area contributed by atoms with Crippen molar-refractivity contribution >= 4 is 16.8 Å². The van der Waals surface area contributed by atoms with Gasteiger partial charge in [0.2, 0.25) is 6.29 Å².